The first kappa shape index (κ1) is 26.4. The first-order valence-corrected chi connectivity index (χ1v) is 13.6. The molecule has 3 aromatic carbocycles. The number of aryl methyl sites for hydroxylation is 1. The molecule has 0 atom stereocenters. The number of methoxy groups -OCH3 is 2. The Morgan fingerprint density at radius 3 is 2.37 bits per heavy atom. The molecule has 3 rings (SSSR count). The third-order valence-electron chi connectivity index (χ3n) is 5.19. The quantitative estimate of drug-likeness (QED) is 0.364. The summed E-state index contributed by atoms with van der Waals surface area (Å²) in [5.41, 5.74) is 2.75. The Balaban J connectivity index is 1.70. The van der Waals surface area contributed by atoms with E-state index >= 15 is 0 Å². The minimum Gasteiger partial charge on any atom is -0.493 e. The summed E-state index contributed by atoms with van der Waals surface area (Å²) in [6.45, 7) is 2.12. The molecule has 0 saturated carbocycles. The number of hydrogen-bond acceptors (Lipinski definition) is 6. The maximum absolute atomic E-state index is 13.5. The van der Waals surface area contributed by atoms with Crippen molar-refractivity contribution in [3.8, 4) is 11.5 Å². The third kappa shape index (κ3) is 7.16. The van der Waals surface area contributed by atoms with Crippen LogP contribution in [0, 0.1) is 6.92 Å². The zero-order chi connectivity index (χ0) is 25.3. The number of amides is 1. The molecule has 0 heterocycles. The Hall–Kier alpha value is -3.17. The van der Waals surface area contributed by atoms with E-state index in [1.807, 2.05) is 6.07 Å². The van der Waals surface area contributed by atoms with E-state index in [1.54, 1.807) is 48.2 Å². The predicted octanol–water partition coefficient (Wildman–Crippen LogP) is 4.26. The topological polar surface area (TPSA) is 84.9 Å². The van der Waals surface area contributed by atoms with Crippen molar-refractivity contribution in [1.29, 1.82) is 0 Å². The normalized spacial score (nSPS) is 11.1. The highest BCUT2D eigenvalue weighted by Gasteiger charge is 2.28. The Kier molecular flexibility index (Phi) is 9.45. The van der Waals surface area contributed by atoms with Gasteiger partial charge in [-0.3, -0.25) is 9.10 Å². The van der Waals surface area contributed by atoms with Crippen LogP contribution in [-0.4, -0.2) is 47.4 Å². The van der Waals surface area contributed by atoms with Gasteiger partial charge in [0.15, 0.2) is 11.5 Å². The zero-order valence-electron chi connectivity index (χ0n) is 20.1. The molecule has 9 heteroatoms. The van der Waals surface area contributed by atoms with Crippen molar-refractivity contribution in [3.05, 3.63) is 83.9 Å². The molecule has 0 aliphatic carbocycles. The van der Waals surface area contributed by atoms with E-state index in [0.717, 1.165) is 10.1 Å². The number of nitrogens with zero attached hydrogens (tertiary/aromatic N) is 1. The SMILES string of the molecule is COc1ccc(N(CC(=O)NCCSCc2cccc(C)c2)S(=O)(=O)c2ccccc2)cc1OC. The van der Waals surface area contributed by atoms with Crippen molar-refractivity contribution in [2.75, 3.05) is 37.4 Å². The second-order valence-electron chi connectivity index (χ2n) is 7.76. The Morgan fingerprint density at radius 2 is 1.69 bits per heavy atom. The summed E-state index contributed by atoms with van der Waals surface area (Å²) >= 11 is 1.71. The lowest BCUT2D eigenvalue weighted by Crippen LogP contribution is -2.41. The maximum Gasteiger partial charge on any atom is 0.264 e. The van der Waals surface area contributed by atoms with Crippen molar-refractivity contribution >= 4 is 33.4 Å². The van der Waals surface area contributed by atoms with Gasteiger partial charge >= 0.3 is 0 Å². The average Bonchev–Trinajstić information content (AvgIpc) is 2.87. The van der Waals surface area contributed by atoms with Gasteiger partial charge in [-0.25, -0.2) is 8.42 Å². The smallest absolute Gasteiger partial charge is 0.264 e. The third-order valence-corrected chi connectivity index (χ3v) is 8.01. The summed E-state index contributed by atoms with van der Waals surface area (Å²) in [4.78, 5) is 12.9. The minimum absolute atomic E-state index is 0.0938. The summed E-state index contributed by atoms with van der Waals surface area (Å²) in [5, 5.41) is 2.83. The predicted molar refractivity (Wildman–Crippen MR) is 141 cm³/mol. The second kappa shape index (κ2) is 12.5. The van der Waals surface area contributed by atoms with Crippen LogP contribution in [0.15, 0.2) is 77.7 Å². The van der Waals surface area contributed by atoms with Crippen LogP contribution in [0.5, 0.6) is 11.5 Å². The number of anilines is 1. The van der Waals surface area contributed by atoms with Gasteiger partial charge in [-0.2, -0.15) is 11.8 Å². The molecule has 1 N–H and O–H groups in total. The lowest BCUT2D eigenvalue weighted by molar-refractivity contribution is -0.119. The van der Waals surface area contributed by atoms with Gasteiger partial charge in [0.1, 0.15) is 6.54 Å². The number of ether oxygens (including phenoxy) is 2. The first-order chi connectivity index (χ1) is 16.8. The molecular formula is C26H30N2O5S2. The minimum atomic E-state index is -4.00. The zero-order valence-corrected chi connectivity index (χ0v) is 21.7. The second-order valence-corrected chi connectivity index (χ2v) is 10.7. The van der Waals surface area contributed by atoms with E-state index in [2.05, 4.69) is 30.4 Å². The van der Waals surface area contributed by atoms with Crippen molar-refractivity contribution in [2.45, 2.75) is 17.6 Å². The molecule has 0 aliphatic rings. The summed E-state index contributed by atoms with van der Waals surface area (Å²) in [5.74, 6) is 1.99. The number of rotatable bonds is 12. The lowest BCUT2D eigenvalue weighted by Gasteiger charge is -2.25. The summed E-state index contributed by atoms with van der Waals surface area (Å²) in [6.07, 6.45) is 0. The Labute approximate surface area is 211 Å². The summed E-state index contributed by atoms with van der Waals surface area (Å²) < 4.78 is 38.6. The van der Waals surface area contributed by atoms with E-state index in [0.29, 0.717) is 29.5 Å². The van der Waals surface area contributed by atoms with E-state index in [4.69, 9.17) is 9.47 Å². The van der Waals surface area contributed by atoms with Gasteiger partial charge in [0.2, 0.25) is 5.91 Å². The van der Waals surface area contributed by atoms with Crippen LogP contribution in [0.2, 0.25) is 0 Å². The molecule has 7 nitrogen and oxygen atoms in total. The molecule has 0 fully saturated rings. The van der Waals surface area contributed by atoms with E-state index in [1.165, 1.54) is 37.5 Å². The molecule has 0 radical (unpaired) electrons. The van der Waals surface area contributed by atoms with E-state index < -0.39 is 15.9 Å². The van der Waals surface area contributed by atoms with Crippen LogP contribution in [0.3, 0.4) is 0 Å². The lowest BCUT2D eigenvalue weighted by atomic mass is 10.2. The molecule has 186 valence electrons. The number of hydrogen-bond donors (Lipinski definition) is 1. The van der Waals surface area contributed by atoms with Gasteiger partial charge in [0, 0.05) is 24.1 Å². The number of sulfonamides is 1. The first-order valence-electron chi connectivity index (χ1n) is 11.0. The van der Waals surface area contributed by atoms with Gasteiger partial charge in [0.05, 0.1) is 24.8 Å². The Bertz CT molecular complexity index is 1230. The van der Waals surface area contributed by atoms with Gasteiger partial charge in [-0.05, 0) is 36.8 Å². The molecule has 0 aliphatic heterocycles. The molecule has 0 spiro atoms. The van der Waals surface area contributed by atoms with Crippen LogP contribution < -0.4 is 19.1 Å². The number of benzene rings is 3. The van der Waals surface area contributed by atoms with Gasteiger partial charge < -0.3 is 14.8 Å². The fraction of sp³-hybridized carbons (Fsp3) is 0.269. The highest BCUT2D eigenvalue weighted by atomic mass is 32.2. The molecule has 0 bridgehead atoms. The van der Waals surface area contributed by atoms with Crippen LogP contribution in [-0.2, 0) is 20.6 Å². The number of carbonyl (C=O) groups is 1. The monoisotopic (exact) mass is 514 g/mol. The molecule has 1 amide bonds. The number of carbonyl (C=O) groups excluding carboxylic acids is 1. The van der Waals surface area contributed by atoms with E-state index in [9.17, 15) is 13.2 Å². The standard InChI is InChI=1S/C26H30N2O5S2/c1-20-8-7-9-21(16-20)19-34-15-14-27-26(29)18-28(35(30,31)23-10-5-4-6-11-23)22-12-13-24(32-2)25(17-22)33-3/h4-13,16-17H,14-15,18-19H2,1-3H3,(H,27,29). The van der Waals surface area contributed by atoms with Crippen LogP contribution in [0.4, 0.5) is 5.69 Å². The highest BCUT2D eigenvalue weighted by molar-refractivity contribution is 7.98. The molecular weight excluding hydrogens is 484 g/mol. The van der Waals surface area contributed by atoms with Crippen LogP contribution in [0.1, 0.15) is 11.1 Å². The summed E-state index contributed by atoms with van der Waals surface area (Å²) in [6, 6.07) is 21.1. The van der Waals surface area contributed by atoms with Crippen molar-refractivity contribution < 1.29 is 22.7 Å². The molecule has 35 heavy (non-hydrogen) atoms. The molecule has 0 saturated heterocycles. The average molecular weight is 515 g/mol. The van der Waals surface area contributed by atoms with Crippen LogP contribution >= 0.6 is 11.8 Å². The van der Waals surface area contributed by atoms with E-state index in [-0.39, 0.29) is 11.4 Å². The number of nitrogens with one attached hydrogen (secondary N) is 1. The van der Waals surface area contributed by atoms with Crippen molar-refractivity contribution in [1.82, 2.24) is 5.32 Å². The molecule has 3 aromatic rings. The van der Waals surface area contributed by atoms with Crippen molar-refractivity contribution in [2.24, 2.45) is 0 Å². The largest absolute Gasteiger partial charge is 0.493 e. The highest BCUT2D eigenvalue weighted by Crippen LogP contribution is 2.33. The Morgan fingerprint density at radius 1 is 0.943 bits per heavy atom. The molecule has 0 aromatic heterocycles. The fourth-order valence-corrected chi connectivity index (χ4v) is 5.70. The van der Waals surface area contributed by atoms with Crippen molar-refractivity contribution in [3.63, 3.8) is 0 Å². The maximum atomic E-state index is 13.5. The van der Waals surface area contributed by atoms with Crippen LogP contribution in [0.25, 0.3) is 0 Å². The fourth-order valence-electron chi connectivity index (χ4n) is 3.46. The molecule has 0 unspecified atom stereocenters. The number of thioether (sulfide) groups is 1. The van der Waals surface area contributed by atoms with Gasteiger partial charge in [0.25, 0.3) is 10.0 Å². The summed E-state index contributed by atoms with van der Waals surface area (Å²) in [7, 11) is -1.03. The van der Waals surface area contributed by atoms with Gasteiger partial charge in [-0.1, -0.05) is 48.0 Å². The van der Waals surface area contributed by atoms with Gasteiger partial charge in [-0.15, -0.1) is 0 Å².